The fraction of sp³-hybridized carbons (Fsp3) is 0.625. The van der Waals surface area contributed by atoms with E-state index in [4.69, 9.17) is 9.47 Å². The third kappa shape index (κ3) is 3.24. The van der Waals surface area contributed by atoms with E-state index in [0.29, 0.717) is 36.5 Å². The molecule has 7 heteroatoms. The number of piperidine rings is 1. The van der Waals surface area contributed by atoms with Crippen LogP contribution in [0.4, 0.5) is 15.8 Å². The van der Waals surface area contributed by atoms with Crippen LogP contribution in [0.5, 0.6) is 5.75 Å². The first kappa shape index (κ1) is 16.0. The van der Waals surface area contributed by atoms with Crippen LogP contribution in [-0.4, -0.2) is 37.8 Å². The zero-order chi connectivity index (χ0) is 16.4. The van der Waals surface area contributed by atoms with E-state index in [-0.39, 0.29) is 0 Å². The predicted molar refractivity (Wildman–Crippen MR) is 83.5 cm³/mol. The molecule has 0 aromatic heterocycles. The van der Waals surface area contributed by atoms with Crippen LogP contribution in [0.25, 0.3) is 0 Å². The maximum absolute atomic E-state index is 14.1. The van der Waals surface area contributed by atoms with Gasteiger partial charge in [0.25, 0.3) is 0 Å². The quantitative estimate of drug-likeness (QED) is 0.629. The summed E-state index contributed by atoms with van der Waals surface area (Å²) in [5.41, 5.74) is -0.168. The van der Waals surface area contributed by atoms with Crippen molar-refractivity contribution < 1.29 is 18.8 Å². The lowest BCUT2D eigenvalue weighted by atomic mass is 9.89. The van der Waals surface area contributed by atoms with Crippen molar-refractivity contribution in [1.29, 1.82) is 0 Å². The monoisotopic (exact) mass is 324 g/mol. The number of benzene rings is 1. The van der Waals surface area contributed by atoms with E-state index in [1.165, 1.54) is 7.11 Å². The van der Waals surface area contributed by atoms with E-state index in [1.54, 1.807) is 6.07 Å². The fourth-order valence-electron chi connectivity index (χ4n) is 3.59. The van der Waals surface area contributed by atoms with Gasteiger partial charge in [-0.1, -0.05) is 0 Å². The summed E-state index contributed by atoms with van der Waals surface area (Å²) in [6.45, 7) is 2.16. The second-order valence-electron chi connectivity index (χ2n) is 6.11. The smallest absolute Gasteiger partial charge is 0.328 e. The molecular formula is C16H21FN2O4. The van der Waals surface area contributed by atoms with Gasteiger partial charge in [-0.15, -0.1) is 0 Å². The average molecular weight is 324 g/mol. The van der Waals surface area contributed by atoms with Crippen LogP contribution in [0, 0.1) is 21.8 Å². The summed E-state index contributed by atoms with van der Waals surface area (Å²) in [4.78, 5) is 12.5. The Labute approximate surface area is 134 Å². The molecule has 0 bridgehead atoms. The van der Waals surface area contributed by atoms with Gasteiger partial charge in [-0.3, -0.25) is 10.1 Å². The number of nitro benzene ring substituents is 1. The highest BCUT2D eigenvalue weighted by Crippen LogP contribution is 2.38. The molecule has 1 aromatic rings. The normalized spacial score (nSPS) is 22.3. The van der Waals surface area contributed by atoms with Crippen LogP contribution in [0.15, 0.2) is 12.1 Å². The SMILES string of the molecule is COc1cc(F)c([N+](=O)[O-])c(N2CCC(C3CCCO3)CC2)c1. The Kier molecular flexibility index (Phi) is 4.66. The molecular weight excluding hydrogens is 303 g/mol. The van der Waals surface area contributed by atoms with Crippen molar-refractivity contribution in [1.82, 2.24) is 0 Å². The molecule has 2 aliphatic heterocycles. The van der Waals surface area contributed by atoms with Gasteiger partial charge in [0.05, 0.1) is 18.1 Å². The molecule has 0 radical (unpaired) electrons. The van der Waals surface area contributed by atoms with Gasteiger partial charge >= 0.3 is 5.69 Å². The molecule has 0 amide bonds. The average Bonchev–Trinajstić information content (AvgIpc) is 3.08. The number of nitro groups is 1. The first-order valence-electron chi connectivity index (χ1n) is 7.98. The van der Waals surface area contributed by atoms with Crippen molar-refractivity contribution in [3.05, 3.63) is 28.1 Å². The molecule has 0 aliphatic carbocycles. The molecule has 0 spiro atoms. The number of halogens is 1. The van der Waals surface area contributed by atoms with Gasteiger partial charge in [-0.25, -0.2) is 0 Å². The first-order chi connectivity index (χ1) is 11.1. The van der Waals surface area contributed by atoms with E-state index >= 15 is 0 Å². The van der Waals surface area contributed by atoms with Gasteiger partial charge in [-0.2, -0.15) is 4.39 Å². The van der Waals surface area contributed by atoms with Crippen molar-refractivity contribution in [3.8, 4) is 5.75 Å². The third-order valence-electron chi connectivity index (χ3n) is 4.81. The largest absolute Gasteiger partial charge is 0.497 e. The topological polar surface area (TPSA) is 64.8 Å². The lowest BCUT2D eigenvalue weighted by molar-refractivity contribution is -0.386. The lowest BCUT2D eigenvalue weighted by Gasteiger charge is -2.35. The number of anilines is 1. The van der Waals surface area contributed by atoms with Crippen molar-refractivity contribution in [2.75, 3.05) is 31.7 Å². The standard InChI is InChI=1S/C16H21FN2O4/c1-22-12-9-13(17)16(19(20)21)14(10-12)18-6-4-11(5-7-18)15-3-2-8-23-15/h9-11,15H,2-8H2,1H3. The molecule has 2 fully saturated rings. The second-order valence-corrected chi connectivity index (χ2v) is 6.11. The van der Waals surface area contributed by atoms with Gasteiger partial charge in [0, 0.05) is 31.8 Å². The maximum atomic E-state index is 14.1. The van der Waals surface area contributed by atoms with E-state index in [2.05, 4.69) is 0 Å². The van der Waals surface area contributed by atoms with Crippen LogP contribution in [0.3, 0.4) is 0 Å². The van der Waals surface area contributed by atoms with Gasteiger partial charge in [-0.05, 0) is 31.6 Å². The molecule has 2 heterocycles. The Morgan fingerprint density at radius 1 is 1.35 bits per heavy atom. The number of nitrogens with zero attached hydrogens (tertiary/aromatic N) is 2. The molecule has 1 unspecified atom stereocenters. The van der Waals surface area contributed by atoms with Gasteiger partial charge < -0.3 is 14.4 Å². The number of methoxy groups -OCH3 is 1. The highest BCUT2D eigenvalue weighted by molar-refractivity contribution is 5.66. The van der Waals surface area contributed by atoms with Gasteiger partial charge in [0.2, 0.25) is 5.82 Å². The molecule has 2 saturated heterocycles. The summed E-state index contributed by atoms with van der Waals surface area (Å²) < 4.78 is 24.9. The Morgan fingerprint density at radius 2 is 2.09 bits per heavy atom. The van der Waals surface area contributed by atoms with E-state index < -0.39 is 16.4 Å². The van der Waals surface area contributed by atoms with Crippen LogP contribution in [0.2, 0.25) is 0 Å². The second kappa shape index (κ2) is 6.70. The number of ether oxygens (including phenoxy) is 2. The maximum Gasteiger partial charge on any atom is 0.328 e. The summed E-state index contributed by atoms with van der Waals surface area (Å²) in [6, 6.07) is 2.61. The molecule has 0 N–H and O–H groups in total. The first-order valence-corrected chi connectivity index (χ1v) is 7.98. The van der Waals surface area contributed by atoms with Crippen LogP contribution < -0.4 is 9.64 Å². The van der Waals surface area contributed by atoms with Gasteiger partial charge in [0.1, 0.15) is 11.4 Å². The summed E-state index contributed by atoms with van der Waals surface area (Å²) in [5.74, 6) is -0.0711. The highest BCUT2D eigenvalue weighted by atomic mass is 19.1. The minimum Gasteiger partial charge on any atom is -0.497 e. The Bertz CT molecular complexity index is 582. The zero-order valence-corrected chi connectivity index (χ0v) is 13.2. The molecule has 23 heavy (non-hydrogen) atoms. The minimum absolute atomic E-state index is 0.296. The van der Waals surface area contributed by atoms with Crippen molar-refractivity contribution in [2.45, 2.75) is 31.8 Å². The van der Waals surface area contributed by atoms with E-state index in [0.717, 1.165) is 38.4 Å². The Balaban J connectivity index is 1.79. The molecule has 2 aliphatic rings. The van der Waals surface area contributed by atoms with Crippen LogP contribution in [0.1, 0.15) is 25.7 Å². The predicted octanol–water partition coefficient (Wildman–Crippen LogP) is 3.14. The molecule has 6 nitrogen and oxygen atoms in total. The van der Waals surface area contributed by atoms with Gasteiger partial charge in [0.15, 0.2) is 0 Å². The van der Waals surface area contributed by atoms with E-state index in [9.17, 15) is 14.5 Å². The zero-order valence-electron chi connectivity index (χ0n) is 13.2. The summed E-state index contributed by atoms with van der Waals surface area (Å²) in [7, 11) is 1.42. The fourth-order valence-corrected chi connectivity index (χ4v) is 3.59. The molecule has 0 saturated carbocycles. The highest BCUT2D eigenvalue weighted by Gasteiger charge is 2.33. The minimum atomic E-state index is -0.856. The number of hydrogen-bond acceptors (Lipinski definition) is 5. The Morgan fingerprint density at radius 3 is 2.65 bits per heavy atom. The van der Waals surface area contributed by atoms with Crippen LogP contribution in [-0.2, 0) is 4.74 Å². The van der Waals surface area contributed by atoms with Crippen LogP contribution >= 0.6 is 0 Å². The summed E-state index contributed by atoms with van der Waals surface area (Å²) in [6.07, 6.45) is 4.33. The lowest BCUT2D eigenvalue weighted by Crippen LogP contribution is -2.38. The third-order valence-corrected chi connectivity index (χ3v) is 4.81. The Hall–Kier alpha value is -1.89. The van der Waals surface area contributed by atoms with Crippen molar-refractivity contribution in [3.63, 3.8) is 0 Å². The molecule has 1 atom stereocenters. The summed E-state index contributed by atoms with van der Waals surface area (Å²) >= 11 is 0. The number of rotatable bonds is 4. The molecule has 126 valence electrons. The molecule has 3 rings (SSSR count). The molecule has 1 aromatic carbocycles. The van der Waals surface area contributed by atoms with Crippen molar-refractivity contribution in [2.24, 2.45) is 5.92 Å². The van der Waals surface area contributed by atoms with Crippen molar-refractivity contribution >= 4 is 11.4 Å². The summed E-state index contributed by atoms with van der Waals surface area (Å²) in [5, 5.41) is 11.2. The van der Waals surface area contributed by atoms with E-state index in [1.807, 2.05) is 4.90 Å². The number of hydrogen-bond donors (Lipinski definition) is 0.